The van der Waals surface area contributed by atoms with Gasteiger partial charge in [0.1, 0.15) is 0 Å². The molecule has 1 N–H and O–H groups in total. The molecule has 0 heterocycles. The lowest BCUT2D eigenvalue weighted by molar-refractivity contribution is -0.142. The Hall–Kier alpha value is -0.620. The smallest absolute Gasteiger partial charge is 0.326 e. The molecule has 24 heavy (non-hydrogen) atoms. The maximum atomic E-state index is 11.6. The van der Waals surface area contributed by atoms with E-state index in [0.717, 1.165) is 19.3 Å². The minimum atomic E-state index is -4.38. The molecule has 6 heteroatoms. The van der Waals surface area contributed by atoms with Crippen molar-refractivity contribution in [2.24, 2.45) is 0 Å². The fourth-order valence-electron chi connectivity index (χ4n) is 2.79. The first-order chi connectivity index (χ1) is 11.4. The van der Waals surface area contributed by atoms with E-state index in [-0.39, 0.29) is 13.0 Å². The Labute approximate surface area is 148 Å². The summed E-state index contributed by atoms with van der Waals surface area (Å²) in [6, 6.07) is 0. The summed E-state index contributed by atoms with van der Waals surface area (Å²) in [7, 11) is -4.38. The second-order valence-electron chi connectivity index (χ2n) is 6.43. The number of rotatable bonds is 16. The summed E-state index contributed by atoms with van der Waals surface area (Å²) in [5.41, 5.74) is 0. The predicted molar refractivity (Wildman–Crippen MR) is 97.7 cm³/mol. The van der Waals surface area contributed by atoms with Crippen LogP contribution in [0.15, 0.2) is 0 Å². The van der Waals surface area contributed by atoms with Gasteiger partial charge in [-0.2, -0.15) is 8.42 Å². The molecule has 1 unspecified atom stereocenters. The van der Waals surface area contributed by atoms with Gasteiger partial charge in [-0.3, -0.25) is 9.35 Å². The number of unbranched alkanes of at least 4 members (excludes halogenated alkanes) is 11. The summed E-state index contributed by atoms with van der Waals surface area (Å²) < 4.78 is 36.3. The van der Waals surface area contributed by atoms with Gasteiger partial charge in [0.05, 0.1) is 6.61 Å². The Morgan fingerprint density at radius 3 is 1.62 bits per heavy atom. The van der Waals surface area contributed by atoms with Crippen LogP contribution in [0, 0.1) is 0 Å². The molecule has 1 atom stereocenters. The zero-order chi connectivity index (χ0) is 18.3. The Kier molecular flexibility index (Phi) is 14.3. The summed E-state index contributed by atoms with van der Waals surface area (Å²) >= 11 is 0. The quantitative estimate of drug-likeness (QED) is 0.239. The first kappa shape index (κ1) is 23.4. The fraction of sp³-hybridized carbons (Fsp3) is 0.944. The molecule has 0 fully saturated rings. The van der Waals surface area contributed by atoms with Gasteiger partial charge in [0.15, 0.2) is 5.25 Å². The highest BCUT2D eigenvalue weighted by Gasteiger charge is 2.31. The second-order valence-corrected chi connectivity index (χ2v) is 8.03. The Bertz CT molecular complexity index is 406. The largest absolute Gasteiger partial charge is 0.465 e. The fourth-order valence-corrected chi connectivity index (χ4v) is 3.57. The highest BCUT2D eigenvalue weighted by molar-refractivity contribution is 7.87. The molecule has 0 rings (SSSR count). The van der Waals surface area contributed by atoms with Crippen molar-refractivity contribution in [2.45, 2.75) is 103 Å². The van der Waals surface area contributed by atoms with Crippen molar-refractivity contribution in [1.29, 1.82) is 0 Å². The zero-order valence-electron chi connectivity index (χ0n) is 15.5. The van der Waals surface area contributed by atoms with Crippen LogP contribution in [0.1, 0.15) is 97.3 Å². The van der Waals surface area contributed by atoms with Gasteiger partial charge in [0.2, 0.25) is 0 Å². The molecule has 0 aliphatic carbocycles. The van der Waals surface area contributed by atoms with Crippen LogP contribution in [0.4, 0.5) is 0 Å². The third-order valence-electron chi connectivity index (χ3n) is 4.23. The molecular weight excluding hydrogens is 328 g/mol. The van der Waals surface area contributed by atoms with Crippen molar-refractivity contribution < 1.29 is 22.5 Å². The number of carbonyl (C=O) groups is 1. The van der Waals surface area contributed by atoms with E-state index in [9.17, 15) is 13.2 Å². The Morgan fingerprint density at radius 1 is 0.833 bits per heavy atom. The standard InChI is InChI=1S/C18H36O5S/c1-3-5-6-7-8-9-10-11-12-13-14-15-16-17(24(20,21)22)18(19)23-4-2/h17H,3-16H2,1-2H3,(H,20,21,22). The first-order valence-corrected chi connectivity index (χ1v) is 11.1. The average Bonchev–Trinajstić information content (AvgIpc) is 2.50. The van der Waals surface area contributed by atoms with Gasteiger partial charge in [-0.15, -0.1) is 0 Å². The first-order valence-electron chi connectivity index (χ1n) is 9.56. The van der Waals surface area contributed by atoms with Gasteiger partial charge in [-0.05, 0) is 13.3 Å². The lowest BCUT2D eigenvalue weighted by Crippen LogP contribution is -2.31. The maximum absolute atomic E-state index is 11.6. The van der Waals surface area contributed by atoms with E-state index in [1.807, 2.05) is 0 Å². The SMILES string of the molecule is CCCCCCCCCCCCCCC(C(=O)OCC)S(=O)(=O)O. The van der Waals surface area contributed by atoms with Crippen molar-refractivity contribution >= 4 is 16.1 Å². The molecule has 144 valence electrons. The molecule has 0 aromatic heterocycles. The van der Waals surface area contributed by atoms with Crippen LogP contribution < -0.4 is 0 Å². The molecule has 0 saturated heterocycles. The monoisotopic (exact) mass is 364 g/mol. The van der Waals surface area contributed by atoms with Crippen molar-refractivity contribution in [2.75, 3.05) is 6.61 Å². The normalized spacial score (nSPS) is 13.0. The van der Waals surface area contributed by atoms with Gasteiger partial charge >= 0.3 is 5.97 Å². The van der Waals surface area contributed by atoms with Crippen LogP contribution in [0.3, 0.4) is 0 Å². The van der Waals surface area contributed by atoms with E-state index in [1.165, 1.54) is 51.4 Å². The lowest BCUT2D eigenvalue weighted by atomic mass is 10.0. The Morgan fingerprint density at radius 2 is 1.25 bits per heavy atom. The van der Waals surface area contributed by atoms with E-state index >= 15 is 0 Å². The molecule has 0 radical (unpaired) electrons. The number of hydrogen-bond donors (Lipinski definition) is 1. The molecule has 0 saturated carbocycles. The van der Waals surface area contributed by atoms with E-state index in [4.69, 9.17) is 9.29 Å². The molecule has 5 nitrogen and oxygen atoms in total. The van der Waals surface area contributed by atoms with Gasteiger partial charge in [-0.1, -0.05) is 84.0 Å². The van der Waals surface area contributed by atoms with E-state index in [1.54, 1.807) is 6.92 Å². The predicted octanol–water partition coefficient (Wildman–Crippen LogP) is 4.90. The van der Waals surface area contributed by atoms with Gasteiger partial charge < -0.3 is 4.74 Å². The number of hydrogen-bond acceptors (Lipinski definition) is 4. The third-order valence-corrected chi connectivity index (χ3v) is 5.38. The van der Waals surface area contributed by atoms with Crippen LogP contribution in [-0.4, -0.2) is 30.8 Å². The summed E-state index contributed by atoms with van der Waals surface area (Å²) in [5.74, 6) is -0.844. The molecule has 0 aromatic carbocycles. The van der Waals surface area contributed by atoms with Gasteiger partial charge in [0, 0.05) is 0 Å². The highest BCUT2D eigenvalue weighted by atomic mass is 32.2. The third kappa shape index (κ3) is 12.8. The van der Waals surface area contributed by atoms with Gasteiger partial charge in [0.25, 0.3) is 10.1 Å². The number of ether oxygens (including phenoxy) is 1. The molecule has 0 aromatic rings. The minimum Gasteiger partial charge on any atom is -0.465 e. The van der Waals surface area contributed by atoms with Crippen LogP contribution >= 0.6 is 0 Å². The second kappa shape index (κ2) is 14.7. The van der Waals surface area contributed by atoms with Crippen LogP contribution in [0.5, 0.6) is 0 Å². The zero-order valence-corrected chi connectivity index (χ0v) is 16.3. The molecular formula is C18H36O5S. The van der Waals surface area contributed by atoms with Crippen molar-refractivity contribution in [3.63, 3.8) is 0 Å². The van der Waals surface area contributed by atoms with Crippen LogP contribution in [0.25, 0.3) is 0 Å². The summed E-state index contributed by atoms with van der Waals surface area (Å²) in [6.07, 6.45) is 14.2. The Balaban J connectivity index is 3.64. The van der Waals surface area contributed by atoms with E-state index < -0.39 is 21.3 Å². The molecule has 0 bridgehead atoms. The summed E-state index contributed by atoms with van der Waals surface area (Å²) in [5, 5.41) is -1.43. The molecule has 0 amide bonds. The van der Waals surface area contributed by atoms with Crippen molar-refractivity contribution in [1.82, 2.24) is 0 Å². The molecule has 0 spiro atoms. The molecule has 0 aliphatic rings. The molecule has 0 aliphatic heterocycles. The highest BCUT2D eigenvalue weighted by Crippen LogP contribution is 2.15. The van der Waals surface area contributed by atoms with Crippen molar-refractivity contribution in [3.05, 3.63) is 0 Å². The van der Waals surface area contributed by atoms with E-state index in [2.05, 4.69) is 6.92 Å². The summed E-state index contributed by atoms with van der Waals surface area (Å²) in [6.45, 7) is 3.96. The van der Waals surface area contributed by atoms with Crippen LogP contribution in [0.2, 0.25) is 0 Å². The van der Waals surface area contributed by atoms with Crippen LogP contribution in [-0.2, 0) is 19.6 Å². The lowest BCUT2D eigenvalue weighted by Gasteiger charge is -2.12. The minimum absolute atomic E-state index is 0.114. The number of esters is 1. The summed E-state index contributed by atoms with van der Waals surface area (Å²) in [4.78, 5) is 11.6. The van der Waals surface area contributed by atoms with E-state index in [0.29, 0.717) is 6.42 Å². The average molecular weight is 365 g/mol. The van der Waals surface area contributed by atoms with Gasteiger partial charge in [-0.25, -0.2) is 0 Å². The van der Waals surface area contributed by atoms with Crippen molar-refractivity contribution in [3.8, 4) is 0 Å². The maximum Gasteiger partial charge on any atom is 0.326 e. The topological polar surface area (TPSA) is 80.7 Å². The number of carbonyl (C=O) groups excluding carboxylic acids is 1.